The summed E-state index contributed by atoms with van der Waals surface area (Å²) in [4.78, 5) is 35.7. The van der Waals surface area contributed by atoms with Crippen LogP contribution in [0.4, 0.5) is 4.79 Å². The molecule has 1 fully saturated rings. The molecule has 1 aliphatic heterocycles. The molecular weight excluding hydrogens is 332 g/mol. The van der Waals surface area contributed by atoms with E-state index in [-0.39, 0.29) is 12.0 Å². The number of hydrogen-bond donors (Lipinski definition) is 1. The van der Waals surface area contributed by atoms with Gasteiger partial charge in [-0.2, -0.15) is 0 Å². The average Bonchev–Trinajstić information content (AvgIpc) is 2.89. The third kappa shape index (κ3) is 3.98. The summed E-state index contributed by atoms with van der Waals surface area (Å²) in [5.74, 6) is 1.38. The molecule has 7 nitrogen and oxygen atoms in total. The van der Waals surface area contributed by atoms with Crippen molar-refractivity contribution in [1.29, 1.82) is 0 Å². The minimum atomic E-state index is -0.329. The Morgan fingerprint density at radius 1 is 1.19 bits per heavy atom. The number of amides is 2. The van der Waals surface area contributed by atoms with Crippen LogP contribution in [-0.2, 0) is 16.0 Å². The zero-order valence-corrected chi connectivity index (χ0v) is 15.6. The Labute approximate surface area is 153 Å². The zero-order chi connectivity index (χ0) is 18.7. The summed E-state index contributed by atoms with van der Waals surface area (Å²) < 4.78 is 4.77. The number of nitrogens with zero attached hydrogens (tertiary/aromatic N) is 3. The first kappa shape index (κ1) is 18.2. The normalized spacial score (nSPS) is 15.4. The number of aromatic amines is 1. The molecule has 26 heavy (non-hydrogen) atoms. The van der Waals surface area contributed by atoms with Gasteiger partial charge in [-0.25, -0.2) is 9.78 Å². The van der Waals surface area contributed by atoms with E-state index in [1.807, 2.05) is 23.1 Å². The van der Waals surface area contributed by atoms with E-state index in [4.69, 9.17) is 4.74 Å². The Hall–Kier alpha value is -2.57. The number of hydrogen-bond acceptors (Lipinski definition) is 4. The number of methoxy groups -OCH3 is 1. The van der Waals surface area contributed by atoms with Gasteiger partial charge in [0, 0.05) is 32.1 Å². The molecule has 1 aromatic carbocycles. The summed E-state index contributed by atoms with van der Waals surface area (Å²) in [6.45, 7) is 6.52. The van der Waals surface area contributed by atoms with Crippen LogP contribution < -0.4 is 0 Å². The largest absolute Gasteiger partial charge is 0.453 e. The maximum absolute atomic E-state index is 12.7. The van der Waals surface area contributed by atoms with Crippen molar-refractivity contribution in [1.82, 2.24) is 19.8 Å². The molecule has 0 atom stereocenters. The second-order valence-corrected chi connectivity index (χ2v) is 7.00. The number of carbonyl (C=O) groups excluding carboxylic acids is 2. The summed E-state index contributed by atoms with van der Waals surface area (Å²) in [7, 11) is 1.38. The average molecular weight is 358 g/mol. The number of benzene rings is 1. The maximum Gasteiger partial charge on any atom is 0.409 e. The fraction of sp³-hybridized carbons (Fsp3) is 0.526. The molecule has 1 N–H and O–H groups in total. The lowest BCUT2D eigenvalue weighted by Crippen LogP contribution is -2.37. The SMILES string of the molecule is COC(=O)N1CCCN(C(=O)Cc2ccc3nc(C(C)C)[nH]c3c2)CC1. The summed E-state index contributed by atoms with van der Waals surface area (Å²) in [5, 5.41) is 0. The fourth-order valence-corrected chi connectivity index (χ4v) is 3.22. The third-order valence-corrected chi connectivity index (χ3v) is 4.75. The van der Waals surface area contributed by atoms with Gasteiger partial charge in [-0.1, -0.05) is 19.9 Å². The van der Waals surface area contributed by atoms with Gasteiger partial charge in [-0.15, -0.1) is 0 Å². The smallest absolute Gasteiger partial charge is 0.409 e. The van der Waals surface area contributed by atoms with Crippen LogP contribution in [-0.4, -0.2) is 65.1 Å². The monoisotopic (exact) mass is 358 g/mol. The molecule has 1 saturated heterocycles. The van der Waals surface area contributed by atoms with Crippen molar-refractivity contribution in [2.24, 2.45) is 0 Å². The van der Waals surface area contributed by atoms with Crippen LogP contribution in [0.5, 0.6) is 0 Å². The van der Waals surface area contributed by atoms with E-state index in [2.05, 4.69) is 23.8 Å². The van der Waals surface area contributed by atoms with Crippen LogP contribution in [0.2, 0.25) is 0 Å². The second kappa shape index (κ2) is 7.76. The number of rotatable bonds is 3. The maximum atomic E-state index is 12.7. The van der Waals surface area contributed by atoms with E-state index in [1.165, 1.54) is 7.11 Å². The van der Waals surface area contributed by atoms with Crippen LogP contribution in [0.1, 0.15) is 37.6 Å². The molecule has 2 heterocycles. The highest BCUT2D eigenvalue weighted by atomic mass is 16.5. The van der Waals surface area contributed by atoms with E-state index in [9.17, 15) is 9.59 Å². The Kier molecular flexibility index (Phi) is 5.44. The number of imidazole rings is 1. The van der Waals surface area contributed by atoms with Gasteiger partial charge >= 0.3 is 6.09 Å². The number of nitrogens with one attached hydrogen (secondary N) is 1. The fourth-order valence-electron chi connectivity index (χ4n) is 3.22. The second-order valence-electron chi connectivity index (χ2n) is 7.00. The van der Waals surface area contributed by atoms with Crippen molar-refractivity contribution in [3.63, 3.8) is 0 Å². The standard InChI is InChI=1S/C19H26N4O3/c1-13(2)18-20-15-6-5-14(11-16(15)21-18)12-17(24)22-7-4-8-23(10-9-22)19(25)26-3/h5-6,11,13H,4,7-10,12H2,1-3H3,(H,20,21). The predicted molar refractivity (Wildman–Crippen MR) is 99.1 cm³/mol. The van der Waals surface area contributed by atoms with Gasteiger partial charge in [0.1, 0.15) is 5.82 Å². The predicted octanol–water partition coefficient (Wildman–Crippen LogP) is 2.53. The lowest BCUT2D eigenvalue weighted by molar-refractivity contribution is -0.130. The van der Waals surface area contributed by atoms with Crippen LogP contribution >= 0.6 is 0 Å². The lowest BCUT2D eigenvalue weighted by atomic mass is 10.1. The van der Waals surface area contributed by atoms with Crippen LogP contribution in [0.3, 0.4) is 0 Å². The topological polar surface area (TPSA) is 78.5 Å². The molecule has 0 radical (unpaired) electrons. The Morgan fingerprint density at radius 2 is 1.92 bits per heavy atom. The van der Waals surface area contributed by atoms with Gasteiger partial charge in [-0.3, -0.25) is 4.79 Å². The van der Waals surface area contributed by atoms with Crippen LogP contribution in [0.15, 0.2) is 18.2 Å². The first-order chi connectivity index (χ1) is 12.5. The highest BCUT2D eigenvalue weighted by Gasteiger charge is 2.22. The highest BCUT2D eigenvalue weighted by Crippen LogP contribution is 2.19. The van der Waals surface area contributed by atoms with Crippen molar-refractivity contribution in [2.45, 2.75) is 32.6 Å². The number of fused-ring (bicyclic) bond motifs is 1. The highest BCUT2D eigenvalue weighted by molar-refractivity contribution is 5.82. The van der Waals surface area contributed by atoms with E-state index in [1.54, 1.807) is 4.90 Å². The molecule has 2 amide bonds. The molecule has 0 unspecified atom stereocenters. The lowest BCUT2D eigenvalue weighted by Gasteiger charge is -2.21. The van der Waals surface area contributed by atoms with Crippen molar-refractivity contribution in [2.75, 3.05) is 33.3 Å². The molecular formula is C19H26N4O3. The third-order valence-electron chi connectivity index (χ3n) is 4.75. The molecule has 7 heteroatoms. The number of ether oxygens (including phenoxy) is 1. The van der Waals surface area contributed by atoms with Crippen LogP contribution in [0.25, 0.3) is 11.0 Å². The summed E-state index contributed by atoms with van der Waals surface area (Å²) in [6, 6.07) is 5.93. The van der Waals surface area contributed by atoms with Gasteiger partial charge < -0.3 is 19.5 Å². The first-order valence-electron chi connectivity index (χ1n) is 9.07. The van der Waals surface area contributed by atoms with Crippen molar-refractivity contribution < 1.29 is 14.3 Å². The van der Waals surface area contributed by atoms with Gasteiger partial charge in [0.15, 0.2) is 0 Å². The molecule has 0 bridgehead atoms. The molecule has 140 valence electrons. The van der Waals surface area contributed by atoms with Crippen molar-refractivity contribution in [3.05, 3.63) is 29.6 Å². The number of aromatic nitrogens is 2. The van der Waals surface area contributed by atoms with Gasteiger partial charge in [0.05, 0.1) is 24.6 Å². The Morgan fingerprint density at radius 3 is 2.65 bits per heavy atom. The van der Waals surface area contributed by atoms with E-state index in [0.29, 0.717) is 38.5 Å². The molecule has 2 aromatic rings. The zero-order valence-electron chi connectivity index (χ0n) is 15.6. The minimum absolute atomic E-state index is 0.0830. The van der Waals surface area contributed by atoms with Gasteiger partial charge in [0.2, 0.25) is 5.91 Å². The molecule has 1 aromatic heterocycles. The number of H-pyrrole nitrogens is 1. The summed E-state index contributed by atoms with van der Waals surface area (Å²) in [5.41, 5.74) is 2.86. The molecule has 3 rings (SSSR count). The van der Waals surface area contributed by atoms with E-state index < -0.39 is 0 Å². The Bertz CT molecular complexity index is 799. The van der Waals surface area contributed by atoms with Crippen LogP contribution in [0, 0.1) is 0 Å². The quantitative estimate of drug-likeness (QED) is 0.914. The van der Waals surface area contributed by atoms with E-state index in [0.717, 1.165) is 28.8 Å². The van der Waals surface area contributed by atoms with Crippen molar-refractivity contribution in [3.8, 4) is 0 Å². The van der Waals surface area contributed by atoms with Gasteiger partial charge in [-0.05, 0) is 24.1 Å². The van der Waals surface area contributed by atoms with Crippen molar-refractivity contribution >= 4 is 23.0 Å². The van der Waals surface area contributed by atoms with E-state index >= 15 is 0 Å². The number of carbonyl (C=O) groups is 2. The molecule has 0 spiro atoms. The van der Waals surface area contributed by atoms with Gasteiger partial charge in [0.25, 0.3) is 0 Å². The minimum Gasteiger partial charge on any atom is -0.453 e. The Balaban J connectivity index is 1.65. The first-order valence-corrected chi connectivity index (χ1v) is 9.07. The molecule has 0 saturated carbocycles. The summed E-state index contributed by atoms with van der Waals surface area (Å²) >= 11 is 0. The summed E-state index contributed by atoms with van der Waals surface area (Å²) in [6.07, 6.45) is 0.785. The molecule has 0 aliphatic carbocycles. The molecule has 1 aliphatic rings.